The topological polar surface area (TPSA) is 41.0 Å². The Morgan fingerprint density at radius 1 is 1.33 bits per heavy atom. The average Bonchev–Trinajstić information content (AvgIpc) is 2.98. The van der Waals surface area contributed by atoms with Gasteiger partial charge in [-0.2, -0.15) is 0 Å². The molecule has 0 radical (unpaired) electrons. The van der Waals surface area contributed by atoms with E-state index in [9.17, 15) is 4.79 Å². The van der Waals surface area contributed by atoms with Crippen molar-refractivity contribution in [3.63, 3.8) is 0 Å². The van der Waals surface area contributed by atoms with E-state index in [1.165, 1.54) is 16.9 Å². The molecule has 4 nitrogen and oxygen atoms in total. The van der Waals surface area contributed by atoms with Crippen molar-refractivity contribution in [2.75, 3.05) is 20.1 Å². The van der Waals surface area contributed by atoms with Crippen molar-refractivity contribution >= 4 is 33.8 Å². The number of nitrogens with zero attached hydrogens (tertiary/aromatic N) is 2. The molecule has 21 heavy (non-hydrogen) atoms. The third-order valence-corrected chi connectivity index (χ3v) is 6.26. The van der Waals surface area contributed by atoms with E-state index in [1.54, 1.807) is 11.3 Å². The van der Waals surface area contributed by atoms with Crippen LogP contribution in [0.1, 0.15) is 35.7 Å². The monoisotopic (exact) mass is 321 g/mol. The summed E-state index contributed by atoms with van der Waals surface area (Å²) in [6, 6.07) is 0.210. The number of rotatable bonds is 1. The van der Waals surface area contributed by atoms with E-state index in [2.05, 4.69) is 16.9 Å². The smallest absolute Gasteiger partial charge is 0.263 e. The molecule has 1 aliphatic carbocycles. The summed E-state index contributed by atoms with van der Waals surface area (Å²) < 4.78 is 2.44. The summed E-state index contributed by atoms with van der Waals surface area (Å²) in [6.45, 7) is 2.02. The molecule has 1 N–H and O–H groups in total. The standard InChI is InChI=1S/C15H19N3OS2/c1-17-7-3-4-9(8-17)18-14(19)12-10-5-2-6-11(10)21-13(12)16-15(18)20/h9H,2-8H2,1H3,(H,16,20). The van der Waals surface area contributed by atoms with Gasteiger partial charge in [0.1, 0.15) is 4.83 Å². The van der Waals surface area contributed by atoms with E-state index in [0.717, 1.165) is 49.0 Å². The Morgan fingerprint density at radius 2 is 2.19 bits per heavy atom. The summed E-state index contributed by atoms with van der Waals surface area (Å²) >= 11 is 7.21. The van der Waals surface area contributed by atoms with E-state index in [-0.39, 0.29) is 11.6 Å². The van der Waals surface area contributed by atoms with Crippen molar-refractivity contribution in [1.82, 2.24) is 14.5 Å². The Bertz CT molecular complexity index is 817. The molecule has 2 aromatic rings. The molecule has 0 amide bonds. The maximum Gasteiger partial charge on any atom is 0.263 e. The van der Waals surface area contributed by atoms with Crippen molar-refractivity contribution in [2.45, 2.75) is 38.1 Å². The van der Waals surface area contributed by atoms with Crippen molar-refractivity contribution in [2.24, 2.45) is 0 Å². The van der Waals surface area contributed by atoms with E-state index < -0.39 is 0 Å². The lowest BCUT2D eigenvalue weighted by molar-refractivity contribution is 0.208. The van der Waals surface area contributed by atoms with Gasteiger partial charge in [-0.15, -0.1) is 11.3 Å². The number of aromatic nitrogens is 2. The molecule has 0 spiro atoms. The fourth-order valence-electron chi connectivity index (χ4n) is 3.77. The van der Waals surface area contributed by atoms with Crippen LogP contribution in [0.4, 0.5) is 0 Å². The molecule has 0 aromatic carbocycles. The first-order chi connectivity index (χ1) is 10.1. The molecule has 2 aliphatic rings. The second kappa shape index (κ2) is 5.04. The minimum absolute atomic E-state index is 0.133. The molecule has 3 heterocycles. The second-order valence-electron chi connectivity index (χ2n) is 6.23. The highest BCUT2D eigenvalue weighted by atomic mass is 32.1. The van der Waals surface area contributed by atoms with E-state index in [0.29, 0.717) is 4.77 Å². The van der Waals surface area contributed by atoms with Crippen LogP contribution in [0.15, 0.2) is 4.79 Å². The zero-order chi connectivity index (χ0) is 14.6. The van der Waals surface area contributed by atoms with Gasteiger partial charge in [-0.3, -0.25) is 9.36 Å². The van der Waals surface area contributed by atoms with Crippen molar-refractivity contribution in [1.29, 1.82) is 0 Å². The van der Waals surface area contributed by atoms with Gasteiger partial charge >= 0.3 is 0 Å². The van der Waals surface area contributed by atoms with Crippen LogP contribution in [0, 0.1) is 4.77 Å². The average molecular weight is 321 g/mol. The van der Waals surface area contributed by atoms with Gasteiger partial charge in [0, 0.05) is 11.4 Å². The van der Waals surface area contributed by atoms with Crippen LogP contribution >= 0.6 is 23.6 Å². The Morgan fingerprint density at radius 3 is 3.00 bits per heavy atom. The fourth-order valence-corrected chi connectivity index (χ4v) is 5.45. The molecular weight excluding hydrogens is 302 g/mol. The summed E-state index contributed by atoms with van der Waals surface area (Å²) in [5, 5.41) is 0.911. The molecule has 1 aliphatic heterocycles. The van der Waals surface area contributed by atoms with E-state index in [1.807, 2.05) is 4.57 Å². The largest absolute Gasteiger partial charge is 0.323 e. The number of piperidine rings is 1. The molecule has 4 rings (SSSR count). The molecule has 0 bridgehead atoms. The van der Waals surface area contributed by atoms with Gasteiger partial charge in [-0.1, -0.05) is 0 Å². The fraction of sp³-hybridized carbons (Fsp3) is 0.600. The van der Waals surface area contributed by atoms with Gasteiger partial charge in [0.25, 0.3) is 5.56 Å². The maximum atomic E-state index is 13.0. The number of H-pyrrole nitrogens is 1. The Balaban J connectivity index is 1.93. The molecule has 2 aromatic heterocycles. The molecule has 112 valence electrons. The van der Waals surface area contributed by atoms with Crippen LogP contribution < -0.4 is 5.56 Å². The molecule has 1 saturated heterocycles. The number of likely N-dealkylation sites (tertiary alicyclic amines) is 1. The highest BCUT2D eigenvalue weighted by Gasteiger charge is 2.25. The minimum atomic E-state index is 0.133. The second-order valence-corrected chi connectivity index (χ2v) is 7.72. The van der Waals surface area contributed by atoms with Gasteiger partial charge in [-0.25, -0.2) is 0 Å². The maximum absolute atomic E-state index is 13.0. The van der Waals surface area contributed by atoms with Gasteiger partial charge in [0.15, 0.2) is 4.77 Å². The van der Waals surface area contributed by atoms with E-state index in [4.69, 9.17) is 12.2 Å². The molecule has 1 fully saturated rings. The Kier molecular flexibility index (Phi) is 3.28. The molecule has 1 unspecified atom stereocenters. The number of likely N-dealkylation sites (N-methyl/N-ethyl adjacent to an activating group) is 1. The van der Waals surface area contributed by atoms with Crippen LogP contribution in [0.2, 0.25) is 0 Å². The zero-order valence-corrected chi connectivity index (χ0v) is 13.8. The molecular formula is C15H19N3OS2. The van der Waals surface area contributed by atoms with Gasteiger partial charge in [0.2, 0.25) is 0 Å². The van der Waals surface area contributed by atoms with Gasteiger partial charge in [0.05, 0.1) is 11.4 Å². The molecule has 1 atom stereocenters. The SMILES string of the molecule is CN1CCCC(n2c(=S)[nH]c3sc4c(c3c2=O)CCC4)C1. The number of aryl methyl sites for hydroxylation is 2. The summed E-state index contributed by atoms with van der Waals surface area (Å²) in [4.78, 5) is 21.0. The number of hydrogen-bond acceptors (Lipinski definition) is 4. The molecule has 0 saturated carbocycles. The lowest BCUT2D eigenvalue weighted by atomic mass is 10.1. The summed E-state index contributed by atoms with van der Waals surface area (Å²) in [6.07, 6.45) is 5.50. The summed E-state index contributed by atoms with van der Waals surface area (Å²) in [5.74, 6) is 0. The lowest BCUT2D eigenvalue weighted by Gasteiger charge is -2.30. The van der Waals surface area contributed by atoms with Crippen LogP contribution in [0.3, 0.4) is 0 Å². The third-order valence-electron chi connectivity index (χ3n) is 4.76. The third kappa shape index (κ3) is 2.12. The Hall–Kier alpha value is -0.980. The Labute approximate surface area is 132 Å². The first-order valence-corrected chi connectivity index (χ1v) is 8.85. The predicted molar refractivity (Wildman–Crippen MR) is 89.1 cm³/mol. The molecule has 6 heteroatoms. The highest BCUT2D eigenvalue weighted by Crippen LogP contribution is 2.35. The summed E-state index contributed by atoms with van der Waals surface area (Å²) in [7, 11) is 2.12. The first kappa shape index (κ1) is 13.7. The predicted octanol–water partition coefficient (Wildman–Crippen LogP) is 2.88. The zero-order valence-electron chi connectivity index (χ0n) is 12.1. The van der Waals surface area contributed by atoms with Crippen LogP contribution in [0.25, 0.3) is 10.2 Å². The highest BCUT2D eigenvalue weighted by molar-refractivity contribution is 7.71. The normalized spacial score (nSPS) is 22.8. The summed E-state index contributed by atoms with van der Waals surface area (Å²) in [5.41, 5.74) is 1.41. The van der Waals surface area contributed by atoms with E-state index >= 15 is 0 Å². The minimum Gasteiger partial charge on any atom is -0.323 e. The number of hydrogen-bond donors (Lipinski definition) is 1. The van der Waals surface area contributed by atoms with Crippen LogP contribution in [0.5, 0.6) is 0 Å². The van der Waals surface area contributed by atoms with Gasteiger partial charge < -0.3 is 9.88 Å². The lowest BCUT2D eigenvalue weighted by Crippen LogP contribution is -2.38. The number of aromatic amines is 1. The van der Waals surface area contributed by atoms with Crippen molar-refractivity contribution in [3.05, 3.63) is 25.6 Å². The number of thiophene rings is 1. The van der Waals surface area contributed by atoms with Crippen molar-refractivity contribution < 1.29 is 0 Å². The first-order valence-electron chi connectivity index (χ1n) is 7.63. The van der Waals surface area contributed by atoms with Gasteiger partial charge in [-0.05, 0) is 63.5 Å². The quantitative estimate of drug-likeness (QED) is 0.821. The van der Waals surface area contributed by atoms with Crippen LogP contribution in [-0.2, 0) is 12.8 Å². The van der Waals surface area contributed by atoms with Crippen LogP contribution in [-0.4, -0.2) is 34.6 Å². The number of nitrogens with one attached hydrogen (secondary N) is 1. The number of fused-ring (bicyclic) bond motifs is 3. The van der Waals surface area contributed by atoms with Crippen molar-refractivity contribution in [3.8, 4) is 0 Å².